The number of nitrogens with one attached hydrogen (secondary N) is 2. The Morgan fingerprint density at radius 2 is 1.67 bits per heavy atom. The molecule has 7 rings (SSSR count). The number of ether oxygens (including phenoxy) is 3. The van der Waals surface area contributed by atoms with Crippen LogP contribution < -0.4 is 10.1 Å². The van der Waals surface area contributed by atoms with Gasteiger partial charge in [-0.1, -0.05) is 36.4 Å². The van der Waals surface area contributed by atoms with Crippen LogP contribution in [0.25, 0.3) is 33.4 Å². The number of carbonyl (C=O) groups excluding carboxylic acids is 1. The van der Waals surface area contributed by atoms with E-state index >= 15 is 4.39 Å². The van der Waals surface area contributed by atoms with Crippen LogP contribution in [0.3, 0.4) is 0 Å². The number of hydrogen-bond donors (Lipinski definition) is 3. The Balaban J connectivity index is 1.06. The third-order valence-electron chi connectivity index (χ3n) is 7.48. The van der Waals surface area contributed by atoms with Crippen molar-refractivity contribution >= 4 is 22.6 Å². The molecule has 3 fully saturated rings. The molecule has 1 amide bonds. The fraction of sp³-hybridized carbons (Fsp3) is 0.310. The monoisotopic (exact) mass is 533 g/mol. The number of alkyl halides is 1. The number of aliphatic hydroxyl groups excluding tert-OH is 1. The molecule has 1 saturated carbocycles. The third-order valence-corrected chi connectivity index (χ3v) is 7.48. The Morgan fingerprint density at radius 1 is 1.00 bits per heavy atom. The van der Waals surface area contributed by atoms with Gasteiger partial charge in [0.15, 0.2) is 17.8 Å². The van der Waals surface area contributed by atoms with E-state index in [4.69, 9.17) is 14.2 Å². The van der Waals surface area contributed by atoms with Gasteiger partial charge in [-0.3, -0.25) is 4.79 Å². The van der Waals surface area contributed by atoms with Crippen LogP contribution in [0.5, 0.6) is 5.88 Å². The van der Waals surface area contributed by atoms with Crippen LogP contribution in [0.15, 0.2) is 60.7 Å². The van der Waals surface area contributed by atoms with Crippen molar-refractivity contribution in [1.82, 2.24) is 9.97 Å². The van der Waals surface area contributed by atoms with E-state index in [-0.39, 0.29) is 36.8 Å². The second-order valence-corrected chi connectivity index (χ2v) is 10.2. The van der Waals surface area contributed by atoms with Crippen molar-refractivity contribution in [3.8, 4) is 28.3 Å². The number of anilines is 1. The minimum absolute atomic E-state index is 0.211. The Hall–Kier alpha value is -3.86. The van der Waals surface area contributed by atoms with E-state index in [1.807, 2.05) is 24.3 Å². The third kappa shape index (κ3) is 4.54. The van der Waals surface area contributed by atoms with Crippen LogP contribution in [0.1, 0.15) is 6.42 Å². The molecule has 3 N–H and O–H groups in total. The fourth-order valence-electron chi connectivity index (χ4n) is 5.22. The standard InChI is InChI=1S/C29H25F2N3O5/c30-19-9-18(19)29(36)32-17-7-5-15(6-8-17)14-1-3-16(4-2-14)26-20(31)10-21-22(34-26)11-25(33-21)39-24-13-38-27-23(35)12-37-28(24)27/h1-8,10-11,18-19,23-24,27-28,33,35H,9,12-13H2,(H,32,36)/t18-,19+,23-,24-,27?,28?/m1/s1. The number of aliphatic hydroxyl groups is 1. The Morgan fingerprint density at radius 3 is 2.38 bits per heavy atom. The van der Waals surface area contributed by atoms with Gasteiger partial charge in [-0.2, -0.15) is 0 Å². The van der Waals surface area contributed by atoms with Gasteiger partial charge in [0, 0.05) is 23.4 Å². The van der Waals surface area contributed by atoms with E-state index in [0.29, 0.717) is 34.8 Å². The maximum Gasteiger partial charge on any atom is 0.230 e. The van der Waals surface area contributed by atoms with E-state index in [0.717, 1.165) is 11.1 Å². The van der Waals surface area contributed by atoms with E-state index in [2.05, 4.69) is 15.3 Å². The SMILES string of the molecule is O=C(Nc1ccc(-c2ccc(-c3nc4cc(O[C@@H]5COC6C5OC[C@H]6O)[nH]c4cc3F)cc2)cc1)[C@@H]1C[C@@H]1F. The first-order valence-electron chi connectivity index (χ1n) is 12.9. The summed E-state index contributed by atoms with van der Waals surface area (Å²) in [5, 5.41) is 12.7. The highest BCUT2D eigenvalue weighted by Crippen LogP contribution is 2.35. The maximum absolute atomic E-state index is 15.0. The van der Waals surface area contributed by atoms with Crippen LogP contribution >= 0.6 is 0 Å². The maximum atomic E-state index is 15.0. The van der Waals surface area contributed by atoms with Crippen LogP contribution in [-0.4, -0.2) is 64.8 Å². The molecule has 0 bridgehead atoms. The molecule has 2 aliphatic heterocycles. The highest BCUT2D eigenvalue weighted by atomic mass is 19.1. The summed E-state index contributed by atoms with van der Waals surface area (Å²) in [6.45, 7) is 0.501. The zero-order valence-corrected chi connectivity index (χ0v) is 20.6. The Bertz CT molecular complexity index is 1540. The van der Waals surface area contributed by atoms with Crippen molar-refractivity contribution < 1.29 is 32.9 Å². The normalized spacial score (nSPS) is 27.5. The lowest BCUT2D eigenvalue weighted by molar-refractivity contribution is -0.117. The van der Waals surface area contributed by atoms with Crippen molar-refractivity contribution in [3.05, 3.63) is 66.5 Å². The van der Waals surface area contributed by atoms with Gasteiger partial charge in [0.25, 0.3) is 0 Å². The largest absolute Gasteiger partial charge is 0.470 e. The number of aromatic nitrogens is 2. The number of fused-ring (bicyclic) bond motifs is 2. The summed E-state index contributed by atoms with van der Waals surface area (Å²) in [7, 11) is 0. The molecule has 4 aromatic rings. The molecular formula is C29H25F2N3O5. The highest BCUT2D eigenvalue weighted by molar-refractivity contribution is 5.95. The highest BCUT2D eigenvalue weighted by Gasteiger charge is 2.48. The molecule has 39 heavy (non-hydrogen) atoms. The molecule has 1 aliphatic carbocycles. The topological polar surface area (TPSA) is 106 Å². The molecule has 10 heteroatoms. The summed E-state index contributed by atoms with van der Waals surface area (Å²) in [6.07, 6.45) is -2.55. The molecule has 6 atom stereocenters. The van der Waals surface area contributed by atoms with Gasteiger partial charge in [-0.05, 0) is 29.7 Å². The summed E-state index contributed by atoms with van der Waals surface area (Å²) in [5.74, 6) is -0.885. The van der Waals surface area contributed by atoms with Crippen molar-refractivity contribution in [3.63, 3.8) is 0 Å². The summed E-state index contributed by atoms with van der Waals surface area (Å²) in [4.78, 5) is 19.5. The fourth-order valence-corrected chi connectivity index (χ4v) is 5.22. The number of rotatable bonds is 6. The average molecular weight is 534 g/mol. The second kappa shape index (κ2) is 9.41. The smallest absolute Gasteiger partial charge is 0.230 e. The quantitative estimate of drug-likeness (QED) is 0.343. The van der Waals surface area contributed by atoms with Crippen molar-refractivity contribution in [2.75, 3.05) is 18.5 Å². The van der Waals surface area contributed by atoms with E-state index in [9.17, 15) is 14.3 Å². The predicted molar refractivity (Wildman–Crippen MR) is 138 cm³/mol. The number of halogens is 2. The number of carbonyl (C=O) groups is 1. The van der Waals surface area contributed by atoms with Gasteiger partial charge in [0.1, 0.15) is 30.2 Å². The van der Waals surface area contributed by atoms with Crippen LogP contribution in [-0.2, 0) is 14.3 Å². The van der Waals surface area contributed by atoms with Crippen LogP contribution in [0.4, 0.5) is 14.5 Å². The summed E-state index contributed by atoms with van der Waals surface area (Å²) in [6, 6.07) is 17.8. The lowest BCUT2D eigenvalue weighted by Crippen LogP contribution is -2.34. The molecule has 0 spiro atoms. The number of pyridine rings is 1. The first-order chi connectivity index (χ1) is 18.9. The molecule has 2 unspecified atom stereocenters. The number of amides is 1. The van der Waals surface area contributed by atoms with Crippen molar-refractivity contribution in [2.45, 2.75) is 37.0 Å². The second-order valence-electron chi connectivity index (χ2n) is 10.2. The molecule has 200 valence electrons. The zero-order chi connectivity index (χ0) is 26.7. The molecule has 8 nitrogen and oxygen atoms in total. The minimum Gasteiger partial charge on any atom is -0.470 e. The van der Waals surface area contributed by atoms with Gasteiger partial charge >= 0.3 is 0 Å². The molecule has 2 aromatic heterocycles. The summed E-state index contributed by atoms with van der Waals surface area (Å²) in [5.41, 5.74) is 4.34. The number of hydrogen-bond acceptors (Lipinski definition) is 6. The number of benzene rings is 2. The molecule has 3 aliphatic rings. The number of H-pyrrole nitrogens is 1. The molecule has 0 radical (unpaired) electrons. The first-order valence-corrected chi connectivity index (χ1v) is 12.9. The van der Waals surface area contributed by atoms with Gasteiger partial charge in [0.2, 0.25) is 5.91 Å². The predicted octanol–water partition coefficient (Wildman–Crippen LogP) is 4.24. The van der Waals surface area contributed by atoms with Gasteiger partial charge < -0.3 is 29.6 Å². The van der Waals surface area contributed by atoms with Gasteiger partial charge in [-0.25, -0.2) is 13.8 Å². The lowest BCUT2D eigenvalue weighted by Gasteiger charge is -2.16. The first kappa shape index (κ1) is 24.2. The molecular weight excluding hydrogens is 508 g/mol. The van der Waals surface area contributed by atoms with E-state index in [1.165, 1.54) is 6.07 Å². The summed E-state index contributed by atoms with van der Waals surface area (Å²) >= 11 is 0. The van der Waals surface area contributed by atoms with Gasteiger partial charge in [0.05, 0.1) is 30.2 Å². The number of nitrogens with zero attached hydrogens (tertiary/aromatic N) is 1. The summed E-state index contributed by atoms with van der Waals surface area (Å²) < 4.78 is 45.3. The van der Waals surface area contributed by atoms with Crippen LogP contribution in [0, 0.1) is 11.7 Å². The Labute approximate surface area is 221 Å². The zero-order valence-electron chi connectivity index (χ0n) is 20.6. The number of aromatic amines is 1. The molecule has 2 aromatic carbocycles. The van der Waals surface area contributed by atoms with E-state index < -0.39 is 30.1 Å². The minimum atomic E-state index is -1.03. The Kier molecular flexibility index (Phi) is 5.84. The van der Waals surface area contributed by atoms with Gasteiger partial charge in [-0.15, -0.1) is 0 Å². The van der Waals surface area contributed by atoms with Crippen molar-refractivity contribution in [1.29, 1.82) is 0 Å². The van der Waals surface area contributed by atoms with Crippen molar-refractivity contribution in [2.24, 2.45) is 5.92 Å². The molecule has 2 saturated heterocycles. The van der Waals surface area contributed by atoms with Crippen LogP contribution in [0.2, 0.25) is 0 Å². The van der Waals surface area contributed by atoms with E-state index in [1.54, 1.807) is 30.3 Å². The molecule has 4 heterocycles. The average Bonchev–Trinajstić information content (AvgIpc) is 3.22. The lowest BCUT2D eigenvalue weighted by atomic mass is 10.0.